The van der Waals surface area contributed by atoms with Crippen LogP contribution in [0.25, 0.3) is 11.1 Å². The minimum Gasteiger partial charge on any atom is -0.493 e. The van der Waals surface area contributed by atoms with E-state index in [1.54, 1.807) is 24.3 Å². The van der Waals surface area contributed by atoms with E-state index in [1.807, 2.05) is 26.0 Å². The normalized spacial score (nSPS) is 15.9. The largest absolute Gasteiger partial charge is 0.493 e. The number of amides is 1. The van der Waals surface area contributed by atoms with Gasteiger partial charge in [-0.3, -0.25) is 9.69 Å². The molecule has 0 radical (unpaired) electrons. The molecule has 0 unspecified atom stereocenters. The lowest BCUT2D eigenvalue weighted by molar-refractivity contribution is -0.115. The number of hydrogen-bond donors (Lipinski definition) is 2. The van der Waals surface area contributed by atoms with Gasteiger partial charge < -0.3 is 24.8 Å². The third kappa shape index (κ3) is 5.89. The van der Waals surface area contributed by atoms with Crippen molar-refractivity contribution in [3.8, 4) is 22.6 Å². The van der Waals surface area contributed by atoms with E-state index < -0.39 is 5.97 Å². The maximum atomic E-state index is 13.6. The van der Waals surface area contributed by atoms with Crippen molar-refractivity contribution < 1.29 is 28.6 Å². The van der Waals surface area contributed by atoms with E-state index >= 15 is 0 Å². The topological polar surface area (TPSA) is 91.3 Å². The molecule has 0 bridgehead atoms. The number of anilines is 2. The molecule has 1 saturated heterocycles. The lowest BCUT2D eigenvalue weighted by Gasteiger charge is -2.42. The van der Waals surface area contributed by atoms with Gasteiger partial charge in [-0.1, -0.05) is 12.1 Å². The van der Waals surface area contributed by atoms with Gasteiger partial charge >= 0.3 is 5.97 Å². The molecule has 5 rings (SSSR count). The first-order valence-electron chi connectivity index (χ1n) is 13.7. The number of ether oxygens (including phenoxy) is 2. The van der Waals surface area contributed by atoms with Gasteiger partial charge in [-0.05, 0) is 80.3 Å². The van der Waals surface area contributed by atoms with E-state index in [1.165, 1.54) is 18.2 Å². The first kappa shape index (κ1) is 27.5. The summed E-state index contributed by atoms with van der Waals surface area (Å²) >= 11 is 0. The van der Waals surface area contributed by atoms with Crippen molar-refractivity contribution >= 4 is 23.3 Å². The number of rotatable bonds is 9. The van der Waals surface area contributed by atoms with Gasteiger partial charge in [0.15, 0.2) is 0 Å². The highest BCUT2D eigenvalue weighted by Crippen LogP contribution is 2.41. The fourth-order valence-corrected chi connectivity index (χ4v) is 5.60. The lowest BCUT2D eigenvalue weighted by Crippen LogP contribution is -2.49. The Labute approximate surface area is 233 Å². The van der Waals surface area contributed by atoms with Crippen LogP contribution >= 0.6 is 0 Å². The summed E-state index contributed by atoms with van der Waals surface area (Å²) in [4.78, 5) is 28.3. The molecule has 8 nitrogen and oxygen atoms in total. The van der Waals surface area contributed by atoms with Gasteiger partial charge in [0, 0.05) is 25.7 Å². The minimum absolute atomic E-state index is 0.134. The first-order chi connectivity index (χ1) is 19.4. The number of halogens is 1. The number of carbonyl (C=O) groups is 2. The summed E-state index contributed by atoms with van der Waals surface area (Å²) in [6, 6.07) is 15.5. The molecule has 2 N–H and O–H groups in total. The Kier molecular flexibility index (Phi) is 8.21. The van der Waals surface area contributed by atoms with Gasteiger partial charge in [0.25, 0.3) is 0 Å². The zero-order valence-corrected chi connectivity index (χ0v) is 22.8. The molecule has 1 fully saturated rings. The highest BCUT2D eigenvalue weighted by Gasteiger charge is 2.31. The zero-order chi connectivity index (χ0) is 28.2. The second-order valence-electron chi connectivity index (χ2n) is 10.1. The van der Waals surface area contributed by atoms with Crippen molar-refractivity contribution in [3.63, 3.8) is 0 Å². The molecule has 9 heteroatoms. The summed E-state index contributed by atoms with van der Waals surface area (Å²) in [5, 5.41) is 12.2. The summed E-state index contributed by atoms with van der Waals surface area (Å²) in [6.07, 6.45) is 1.75. The van der Waals surface area contributed by atoms with Crippen molar-refractivity contribution in [2.75, 3.05) is 43.1 Å². The molecule has 0 atom stereocenters. The van der Waals surface area contributed by atoms with Gasteiger partial charge in [-0.25, -0.2) is 9.18 Å². The molecule has 3 aromatic rings. The number of nitrogens with one attached hydrogen (secondary N) is 1. The van der Waals surface area contributed by atoms with E-state index in [4.69, 9.17) is 9.47 Å². The summed E-state index contributed by atoms with van der Waals surface area (Å²) in [6.45, 7) is 7.53. The fraction of sp³-hybridized carbons (Fsp3) is 0.355. The van der Waals surface area contributed by atoms with Crippen molar-refractivity contribution in [1.29, 1.82) is 0 Å². The number of aromatic carboxylic acids is 1. The Morgan fingerprint density at radius 2 is 1.65 bits per heavy atom. The number of carbonyl (C=O) groups excluding carboxylic acids is 1. The SMILES string of the molecule is CCOc1cc(CN2CCC(N3CC(=O)Nc4cc(C(=O)O)ccc43)CC2)cc(OCC)c1-c1ccc(F)cc1. The van der Waals surface area contributed by atoms with E-state index in [0.29, 0.717) is 30.4 Å². The second kappa shape index (κ2) is 12.0. The molecule has 210 valence electrons. The molecule has 2 aliphatic heterocycles. The summed E-state index contributed by atoms with van der Waals surface area (Å²) in [7, 11) is 0. The number of nitrogens with zero attached hydrogens (tertiary/aromatic N) is 2. The number of fused-ring (bicyclic) bond motifs is 1. The number of carboxylic acid groups (broad SMARTS) is 1. The van der Waals surface area contributed by atoms with Crippen LogP contribution in [-0.2, 0) is 11.3 Å². The van der Waals surface area contributed by atoms with Crippen molar-refractivity contribution in [1.82, 2.24) is 4.90 Å². The molecule has 0 saturated carbocycles. The van der Waals surface area contributed by atoms with Gasteiger partial charge in [-0.2, -0.15) is 0 Å². The molecule has 0 aliphatic carbocycles. The Bertz CT molecular complexity index is 1360. The van der Waals surface area contributed by atoms with Crippen LogP contribution < -0.4 is 19.7 Å². The summed E-state index contributed by atoms with van der Waals surface area (Å²) in [5.41, 5.74) is 4.29. The van der Waals surface area contributed by atoms with Gasteiger partial charge in [0.05, 0.1) is 42.3 Å². The van der Waals surface area contributed by atoms with Crippen LogP contribution in [0.4, 0.5) is 15.8 Å². The highest BCUT2D eigenvalue weighted by atomic mass is 19.1. The fourth-order valence-electron chi connectivity index (χ4n) is 5.60. The Morgan fingerprint density at radius 3 is 2.25 bits per heavy atom. The number of piperidine rings is 1. The second-order valence-corrected chi connectivity index (χ2v) is 10.1. The smallest absolute Gasteiger partial charge is 0.335 e. The quantitative estimate of drug-likeness (QED) is 0.370. The Hall–Kier alpha value is -4.11. The third-order valence-electron chi connectivity index (χ3n) is 7.40. The highest BCUT2D eigenvalue weighted by molar-refractivity contribution is 6.03. The summed E-state index contributed by atoms with van der Waals surface area (Å²) < 4.78 is 25.7. The van der Waals surface area contributed by atoms with Crippen molar-refractivity contribution in [3.05, 3.63) is 71.5 Å². The van der Waals surface area contributed by atoms with Crippen molar-refractivity contribution in [2.45, 2.75) is 39.3 Å². The van der Waals surface area contributed by atoms with Gasteiger partial charge in [-0.15, -0.1) is 0 Å². The molecule has 3 aromatic carbocycles. The zero-order valence-electron chi connectivity index (χ0n) is 22.8. The monoisotopic (exact) mass is 547 g/mol. The predicted octanol–water partition coefficient (Wildman–Crippen LogP) is 5.41. The van der Waals surface area contributed by atoms with Gasteiger partial charge in [0.1, 0.15) is 17.3 Å². The van der Waals surface area contributed by atoms with E-state index in [9.17, 15) is 19.1 Å². The minimum atomic E-state index is -1.02. The Balaban J connectivity index is 1.32. The van der Waals surface area contributed by atoms with Crippen LogP contribution in [0.15, 0.2) is 54.6 Å². The average molecular weight is 548 g/mol. The number of likely N-dealkylation sites (tertiary alicyclic amines) is 1. The molecule has 2 heterocycles. The van der Waals surface area contributed by atoms with Crippen molar-refractivity contribution in [2.24, 2.45) is 0 Å². The molecule has 40 heavy (non-hydrogen) atoms. The van der Waals surface area contributed by atoms with Crippen LogP contribution in [0, 0.1) is 5.82 Å². The number of carboxylic acids is 1. The molecule has 0 spiro atoms. The van der Waals surface area contributed by atoms with E-state index in [2.05, 4.69) is 15.1 Å². The Morgan fingerprint density at radius 1 is 1.00 bits per heavy atom. The van der Waals surface area contributed by atoms with Crippen LogP contribution in [-0.4, -0.2) is 60.8 Å². The third-order valence-corrected chi connectivity index (χ3v) is 7.40. The lowest BCUT2D eigenvalue weighted by atomic mass is 9.98. The molecular formula is C31H34FN3O5. The maximum Gasteiger partial charge on any atom is 0.335 e. The van der Waals surface area contributed by atoms with E-state index in [0.717, 1.165) is 54.9 Å². The average Bonchev–Trinajstić information content (AvgIpc) is 2.94. The van der Waals surface area contributed by atoms with E-state index in [-0.39, 0.29) is 29.9 Å². The first-order valence-corrected chi connectivity index (χ1v) is 13.7. The number of hydrogen-bond acceptors (Lipinski definition) is 6. The van der Waals surface area contributed by atoms with Crippen LogP contribution in [0.5, 0.6) is 11.5 Å². The molecule has 2 aliphatic rings. The summed E-state index contributed by atoms with van der Waals surface area (Å²) in [5.74, 6) is -0.0274. The van der Waals surface area contributed by atoms with Crippen LogP contribution in [0.3, 0.4) is 0 Å². The maximum absolute atomic E-state index is 13.6. The molecule has 1 amide bonds. The number of benzene rings is 3. The predicted molar refractivity (Wildman–Crippen MR) is 152 cm³/mol. The van der Waals surface area contributed by atoms with Gasteiger partial charge in [0.2, 0.25) is 5.91 Å². The standard InChI is InChI=1S/C31H34FN3O5/c1-3-39-27-15-20(16-28(40-4-2)30(27)21-5-8-23(32)9-6-21)18-34-13-11-24(12-14-34)35-19-29(36)33-25-17-22(31(37)38)7-10-26(25)35/h5-10,15-17,24H,3-4,11-14,18-19H2,1-2H3,(H,33,36)(H,37,38). The molecular weight excluding hydrogens is 513 g/mol. The van der Waals surface area contributed by atoms with Crippen LogP contribution in [0.2, 0.25) is 0 Å². The molecule has 0 aromatic heterocycles. The van der Waals surface area contributed by atoms with Crippen LogP contribution in [0.1, 0.15) is 42.6 Å².